The van der Waals surface area contributed by atoms with Gasteiger partial charge in [-0.05, 0) is 29.8 Å². The van der Waals surface area contributed by atoms with E-state index < -0.39 is 22.0 Å². The summed E-state index contributed by atoms with van der Waals surface area (Å²) in [7, 11) is -2.50. The minimum atomic E-state index is -4.02. The molecule has 2 N–H and O–H groups in total. The maximum Gasteiger partial charge on any atom is 0.265 e. The number of hydrogen-bond donors (Lipinski definition) is 2. The molecule has 8 nitrogen and oxygen atoms in total. The third kappa shape index (κ3) is 5.28. The molecule has 1 aromatic carbocycles. The molecule has 0 radical (unpaired) electrons. The van der Waals surface area contributed by atoms with Crippen LogP contribution >= 0.6 is 0 Å². The lowest BCUT2D eigenvalue weighted by molar-refractivity contribution is -0.121. The van der Waals surface area contributed by atoms with Crippen molar-refractivity contribution in [1.82, 2.24) is 15.0 Å². The van der Waals surface area contributed by atoms with E-state index in [0.29, 0.717) is 11.3 Å². The Kier molecular flexibility index (Phi) is 6.29. The number of sulfonamides is 1. The summed E-state index contributed by atoms with van der Waals surface area (Å²) >= 11 is 0. The minimum absolute atomic E-state index is 0.117. The number of rotatable bonds is 7. The molecule has 0 aliphatic rings. The number of benzene rings is 1. The first kappa shape index (κ1) is 19.4. The maximum atomic E-state index is 12.2. The fourth-order valence-corrected chi connectivity index (χ4v) is 3.23. The number of hydrogen-bond acceptors (Lipinski definition) is 6. The van der Waals surface area contributed by atoms with Gasteiger partial charge in [0.15, 0.2) is 0 Å². The number of methoxy groups -OCH3 is 1. The Labute approximate surface area is 151 Å². The number of carbonyl (C=O) groups excluding carboxylic acids is 2. The van der Waals surface area contributed by atoms with Gasteiger partial charge in [0.05, 0.1) is 19.6 Å². The van der Waals surface area contributed by atoms with Crippen LogP contribution in [0.25, 0.3) is 0 Å². The van der Waals surface area contributed by atoms with Gasteiger partial charge in [0, 0.05) is 19.3 Å². The molecular formula is C17H19N3O5S. The van der Waals surface area contributed by atoms with Gasteiger partial charge in [0.1, 0.15) is 10.6 Å². The molecule has 2 rings (SSSR count). The fourth-order valence-electron chi connectivity index (χ4n) is 2.28. The second-order valence-corrected chi connectivity index (χ2v) is 7.13. The van der Waals surface area contributed by atoms with E-state index in [1.165, 1.54) is 32.4 Å². The van der Waals surface area contributed by atoms with Gasteiger partial charge in [0.2, 0.25) is 11.8 Å². The van der Waals surface area contributed by atoms with Crippen LogP contribution in [0, 0.1) is 0 Å². The first-order valence-corrected chi connectivity index (χ1v) is 9.17. The Hall–Kier alpha value is -2.94. The number of nitrogens with zero attached hydrogens (tertiary/aromatic N) is 1. The molecule has 2 aromatic rings. The summed E-state index contributed by atoms with van der Waals surface area (Å²) in [5.41, 5.74) is 0.648. The van der Waals surface area contributed by atoms with Gasteiger partial charge in [-0.3, -0.25) is 14.6 Å². The Morgan fingerprint density at radius 2 is 1.88 bits per heavy atom. The molecule has 1 aromatic heterocycles. The minimum Gasteiger partial charge on any atom is -0.497 e. The first-order valence-electron chi connectivity index (χ1n) is 7.68. The lowest BCUT2D eigenvalue weighted by atomic mass is 10.0. The number of amides is 2. The topological polar surface area (TPSA) is 114 Å². The standard InChI is InChI=1S/C17H19N3O5S/c1-12(21)19-16(13-5-7-14(25-2)8-6-13)10-17(22)20-26(23,24)15-4-3-9-18-11-15/h3-9,11,16H,10H2,1-2H3,(H,19,21)(H,20,22)/t16-/m1/s1. The summed E-state index contributed by atoms with van der Waals surface area (Å²) < 4.78 is 31.4. The summed E-state index contributed by atoms with van der Waals surface area (Å²) in [5, 5.41) is 2.64. The van der Waals surface area contributed by atoms with Crippen molar-refractivity contribution in [2.75, 3.05) is 7.11 Å². The van der Waals surface area contributed by atoms with Crippen molar-refractivity contribution in [2.24, 2.45) is 0 Å². The molecule has 26 heavy (non-hydrogen) atoms. The van der Waals surface area contributed by atoms with Gasteiger partial charge >= 0.3 is 0 Å². The highest BCUT2D eigenvalue weighted by molar-refractivity contribution is 7.90. The van der Waals surface area contributed by atoms with Crippen molar-refractivity contribution >= 4 is 21.8 Å². The molecule has 1 atom stereocenters. The largest absolute Gasteiger partial charge is 0.497 e. The number of nitrogens with one attached hydrogen (secondary N) is 2. The summed E-state index contributed by atoms with van der Waals surface area (Å²) in [6, 6.07) is 8.88. The second-order valence-electron chi connectivity index (χ2n) is 5.45. The highest BCUT2D eigenvalue weighted by Gasteiger charge is 2.22. The van der Waals surface area contributed by atoms with E-state index in [1.807, 2.05) is 4.72 Å². The maximum absolute atomic E-state index is 12.2. The zero-order chi connectivity index (χ0) is 19.2. The van der Waals surface area contributed by atoms with Crippen molar-refractivity contribution < 1.29 is 22.7 Å². The Balaban J connectivity index is 2.14. The lowest BCUT2D eigenvalue weighted by Gasteiger charge is -2.18. The van der Waals surface area contributed by atoms with E-state index in [2.05, 4.69) is 10.3 Å². The number of carbonyl (C=O) groups is 2. The Morgan fingerprint density at radius 1 is 1.19 bits per heavy atom. The Morgan fingerprint density at radius 3 is 2.42 bits per heavy atom. The van der Waals surface area contributed by atoms with Crippen LogP contribution in [0.15, 0.2) is 53.7 Å². The van der Waals surface area contributed by atoms with Gasteiger partial charge in [-0.15, -0.1) is 0 Å². The van der Waals surface area contributed by atoms with E-state index in [9.17, 15) is 18.0 Å². The van der Waals surface area contributed by atoms with Crippen molar-refractivity contribution in [2.45, 2.75) is 24.3 Å². The van der Waals surface area contributed by atoms with Crippen LogP contribution in [0.2, 0.25) is 0 Å². The molecule has 0 spiro atoms. The van der Waals surface area contributed by atoms with Crippen molar-refractivity contribution in [3.63, 3.8) is 0 Å². The van der Waals surface area contributed by atoms with Crippen LogP contribution < -0.4 is 14.8 Å². The van der Waals surface area contributed by atoms with Gasteiger partial charge in [-0.2, -0.15) is 0 Å². The van der Waals surface area contributed by atoms with Gasteiger partial charge < -0.3 is 10.1 Å². The van der Waals surface area contributed by atoms with Crippen LogP contribution in [0.4, 0.5) is 0 Å². The molecule has 0 aliphatic carbocycles. The van der Waals surface area contributed by atoms with Crippen molar-refractivity contribution in [1.29, 1.82) is 0 Å². The SMILES string of the molecule is COc1ccc([C@@H](CC(=O)NS(=O)(=O)c2cccnc2)NC(C)=O)cc1. The van der Waals surface area contributed by atoms with Crippen LogP contribution in [-0.4, -0.2) is 32.3 Å². The number of pyridine rings is 1. The van der Waals surface area contributed by atoms with Crippen LogP contribution in [0.1, 0.15) is 24.9 Å². The molecule has 0 aliphatic heterocycles. The van der Waals surface area contributed by atoms with Gasteiger partial charge in [0.25, 0.3) is 10.0 Å². The summed E-state index contributed by atoms with van der Waals surface area (Å²) in [6.07, 6.45) is 2.33. The third-order valence-electron chi connectivity index (χ3n) is 3.48. The molecule has 1 heterocycles. The smallest absolute Gasteiger partial charge is 0.265 e. The number of ether oxygens (including phenoxy) is 1. The van der Waals surface area contributed by atoms with Crippen LogP contribution in [0.5, 0.6) is 5.75 Å². The molecule has 2 amide bonds. The highest BCUT2D eigenvalue weighted by atomic mass is 32.2. The molecule has 9 heteroatoms. The highest BCUT2D eigenvalue weighted by Crippen LogP contribution is 2.20. The van der Waals surface area contributed by atoms with E-state index in [4.69, 9.17) is 4.74 Å². The molecule has 0 fully saturated rings. The quantitative estimate of drug-likeness (QED) is 0.748. The predicted molar refractivity (Wildman–Crippen MR) is 93.7 cm³/mol. The molecule has 0 bridgehead atoms. The van der Waals surface area contributed by atoms with Crippen molar-refractivity contribution in [3.05, 3.63) is 54.4 Å². The second kappa shape index (κ2) is 8.43. The number of aromatic nitrogens is 1. The average molecular weight is 377 g/mol. The molecular weight excluding hydrogens is 358 g/mol. The van der Waals surface area contributed by atoms with Crippen molar-refractivity contribution in [3.8, 4) is 5.75 Å². The molecule has 138 valence electrons. The fraction of sp³-hybridized carbons (Fsp3) is 0.235. The summed E-state index contributed by atoms with van der Waals surface area (Å²) in [5.74, 6) is -0.462. The summed E-state index contributed by atoms with van der Waals surface area (Å²) in [4.78, 5) is 27.3. The zero-order valence-electron chi connectivity index (χ0n) is 14.3. The Bertz CT molecular complexity index is 867. The van der Waals surface area contributed by atoms with Crippen LogP contribution in [0.3, 0.4) is 0 Å². The zero-order valence-corrected chi connectivity index (χ0v) is 15.1. The third-order valence-corrected chi connectivity index (χ3v) is 4.84. The predicted octanol–water partition coefficient (Wildman–Crippen LogP) is 1.16. The summed E-state index contributed by atoms with van der Waals surface area (Å²) in [6.45, 7) is 1.32. The first-order chi connectivity index (χ1) is 12.3. The van der Waals surface area contributed by atoms with E-state index in [0.717, 1.165) is 6.20 Å². The average Bonchev–Trinajstić information content (AvgIpc) is 2.61. The van der Waals surface area contributed by atoms with E-state index in [-0.39, 0.29) is 17.2 Å². The normalized spacial score (nSPS) is 12.1. The molecule has 0 saturated heterocycles. The van der Waals surface area contributed by atoms with Gasteiger partial charge in [-0.25, -0.2) is 13.1 Å². The molecule has 0 unspecified atom stereocenters. The lowest BCUT2D eigenvalue weighted by Crippen LogP contribution is -2.35. The molecule has 0 saturated carbocycles. The van der Waals surface area contributed by atoms with Gasteiger partial charge in [-0.1, -0.05) is 12.1 Å². The van der Waals surface area contributed by atoms with E-state index >= 15 is 0 Å². The monoisotopic (exact) mass is 377 g/mol. The van der Waals surface area contributed by atoms with Crippen LogP contribution in [-0.2, 0) is 19.6 Å². The van der Waals surface area contributed by atoms with E-state index in [1.54, 1.807) is 24.3 Å².